The summed E-state index contributed by atoms with van der Waals surface area (Å²) in [4.78, 5) is 10.2. The summed E-state index contributed by atoms with van der Waals surface area (Å²) in [7, 11) is 0. The number of carbonyl (C=O) groups excluding carboxylic acids is 1. The summed E-state index contributed by atoms with van der Waals surface area (Å²) < 4.78 is 17.5. The van der Waals surface area contributed by atoms with E-state index >= 15 is 0 Å². The molecule has 0 aliphatic rings. The Morgan fingerprint density at radius 1 is 1.62 bits per heavy atom. The first-order valence-corrected chi connectivity index (χ1v) is 5.20. The minimum Gasteiger partial charge on any atom is -0.447 e. The van der Waals surface area contributed by atoms with Crippen LogP contribution in [0.1, 0.15) is 20.8 Å². The van der Waals surface area contributed by atoms with E-state index in [2.05, 4.69) is 4.74 Å². The highest BCUT2D eigenvalue weighted by molar-refractivity contribution is 14.1. The fourth-order valence-corrected chi connectivity index (χ4v) is 0.996. The zero-order chi connectivity index (χ0) is 10.6. The van der Waals surface area contributed by atoms with Crippen molar-refractivity contribution in [3.05, 3.63) is 0 Å². The molecular formula is C8H15FINO2. The average Bonchev–Trinajstić information content (AvgIpc) is 1.96. The van der Waals surface area contributed by atoms with Crippen LogP contribution in [-0.4, -0.2) is 22.8 Å². The monoisotopic (exact) mass is 303 g/mol. The van der Waals surface area contributed by atoms with Gasteiger partial charge in [0.2, 0.25) is 0 Å². The van der Waals surface area contributed by atoms with Crippen molar-refractivity contribution >= 4 is 28.7 Å². The molecule has 0 fully saturated rings. The zero-order valence-electron chi connectivity index (χ0n) is 8.01. The number of alkyl halides is 2. The maximum absolute atomic E-state index is 13.3. The maximum Gasteiger partial charge on any atom is 0.404 e. The number of hydrogen-bond donors (Lipinski definition) is 1. The Hall–Kier alpha value is -0.0700. The third-order valence-corrected chi connectivity index (χ3v) is 4.18. The molecule has 5 heteroatoms. The Labute approximate surface area is 91.3 Å². The zero-order valence-corrected chi connectivity index (χ0v) is 10.2. The molecule has 0 aliphatic carbocycles. The molecule has 0 aromatic carbocycles. The first-order valence-electron chi connectivity index (χ1n) is 3.95. The standard InChI is InChI=1S/C8H15FINO2/c1-8(2,3)6(10)5(9)4-13-7(11)12/h5-6H,4H2,1-3H3,(H2,11,12)/t5-,6?/m1/s1. The lowest BCUT2D eigenvalue weighted by Crippen LogP contribution is -2.34. The van der Waals surface area contributed by atoms with E-state index < -0.39 is 12.3 Å². The molecule has 1 unspecified atom stereocenters. The third-order valence-electron chi connectivity index (χ3n) is 1.53. The van der Waals surface area contributed by atoms with Gasteiger partial charge in [-0.1, -0.05) is 43.4 Å². The minimum absolute atomic E-state index is 0.152. The molecule has 0 spiro atoms. The Balaban J connectivity index is 3.97. The third kappa shape index (κ3) is 5.28. The number of amides is 1. The largest absolute Gasteiger partial charge is 0.447 e. The predicted octanol–water partition coefficient (Wildman–Crippen LogP) is 2.27. The van der Waals surface area contributed by atoms with Crippen LogP contribution in [0.15, 0.2) is 0 Å². The lowest BCUT2D eigenvalue weighted by Gasteiger charge is -2.27. The molecule has 13 heavy (non-hydrogen) atoms. The molecule has 0 aliphatic heterocycles. The number of hydrogen-bond acceptors (Lipinski definition) is 2. The van der Waals surface area contributed by atoms with Crippen LogP contribution in [0.4, 0.5) is 9.18 Å². The molecule has 0 saturated carbocycles. The van der Waals surface area contributed by atoms with E-state index in [9.17, 15) is 9.18 Å². The lowest BCUT2D eigenvalue weighted by atomic mass is 9.90. The van der Waals surface area contributed by atoms with Gasteiger partial charge < -0.3 is 10.5 Å². The predicted molar refractivity (Wildman–Crippen MR) is 57.7 cm³/mol. The van der Waals surface area contributed by atoms with Crippen LogP contribution >= 0.6 is 22.6 Å². The van der Waals surface area contributed by atoms with Crippen molar-refractivity contribution in [2.45, 2.75) is 30.9 Å². The first kappa shape index (κ1) is 12.9. The van der Waals surface area contributed by atoms with Gasteiger partial charge in [-0.05, 0) is 5.41 Å². The van der Waals surface area contributed by atoms with Crippen molar-refractivity contribution in [3.63, 3.8) is 0 Å². The van der Waals surface area contributed by atoms with Gasteiger partial charge in [0.15, 0.2) is 0 Å². The molecule has 0 aromatic rings. The molecule has 2 atom stereocenters. The van der Waals surface area contributed by atoms with Crippen molar-refractivity contribution in [1.29, 1.82) is 0 Å². The Morgan fingerprint density at radius 3 is 2.38 bits per heavy atom. The highest BCUT2D eigenvalue weighted by atomic mass is 127. The summed E-state index contributed by atoms with van der Waals surface area (Å²) in [5.41, 5.74) is 4.57. The fraction of sp³-hybridized carbons (Fsp3) is 0.875. The van der Waals surface area contributed by atoms with Gasteiger partial charge in [-0.25, -0.2) is 9.18 Å². The SMILES string of the molecule is CC(C)(C)C(I)[C@H](F)COC(N)=O. The summed E-state index contributed by atoms with van der Waals surface area (Å²) in [6.07, 6.45) is -2.10. The van der Waals surface area contributed by atoms with Gasteiger partial charge in [0.05, 0.1) is 3.92 Å². The summed E-state index contributed by atoms with van der Waals surface area (Å²) in [6, 6.07) is 0. The Bertz CT molecular complexity index is 181. The molecule has 1 amide bonds. The van der Waals surface area contributed by atoms with Crippen LogP contribution in [0.3, 0.4) is 0 Å². The summed E-state index contributed by atoms with van der Waals surface area (Å²) in [5.74, 6) is 0. The van der Waals surface area contributed by atoms with Crippen molar-refractivity contribution in [2.24, 2.45) is 11.1 Å². The lowest BCUT2D eigenvalue weighted by molar-refractivity contribution is 0.107. The highest BCUT2D eigenvalue weighted by Crippen LogP contribution is 2.30. The second kappa shape index (κ2) is 4.97. The number of carbonyl (C=O) groups is 1. The van der Waals surface area contributed by atoms with Crippen molar-refractivity contribution in [3.8, 4) is 0 Å². The van der Waals surface area contributed by atoms with Gasteiger partial charge >= 0.3 is 6.09 Å². The van der Waals surface area contributed by atoms with E-state index in [1.54, 1.807) is 0 Å². The van der Waals surface area contributed by atoms with Crippen LogP contribution in [0.5, 0.6) is 0 Å². The van der Waals surface area contributed by atoms with E-state index in [0.29, 0.717) is 0 Å². The molecule has 0 saturated heterocycles. The van der Waals surface area contributed by atoms with Crippen LogP contribution in [0.2, 0.25) is 0 Å². The summed E-state index contributed by atoms with van der Waals surface area (Å²) in [6.45, 7) is 5.53. The van der Waals surface area contributed by atoms with E-state index in [0.717, 1.165) is 0 Å². The maximum atomic E-state index is 13.3. The molecular weight excluding hydrogens is 288 g/mol. The van der Waals surface area contributed by atoms with Crippen LogP contribution < -0.4 is 5.73 Å². The number of primary amides is 1. The van der Waals surface area contributed by atoms with Gasteiger partial charge in [0.25, 0.3) is 0 Å². The number of nitrogens with two attached hydrogens (primary N) is 1. The van der Waals surface area contributed by atoms with Crippen molar-refractivity contribution in [1.82, 2.24) is 0 Å². The first-order chi connectivity index (χ1) is 5.75. The summed E-state index contributed by atoms with van der Waals surface area (Å²) in [5, 5.41) is 0. The molecule has 78 valence electrons. The van der Waals surface area contributed by atoms with E-state index in [1.807, 2.05) is 43.4 Å². The molecule has 0 heterocycles. The molecule has 0 bridgehead atoms. The van der Waals surface area contributed by atoms with E-state index in [-0.39, 0.29) is 15.9 Å². The quantitative estimate of drug-likeness (QED) is 0.642. The molecule has 0 rings (SSSR count). The van der Waals surface area contributed by atoms with Crippen molar-refractivity contribution in [2.75, 3.05) is 6.61 Å². The summed E-state index contributed by atoms with van der Waals surface area (Å²) >= 11 is 2.01. The van der Waals surface area contributed by atoms with Gasteiger partial charge in [-0.15, -0.1) is 0 Å². The smallest absolute Gasteiger partial charge is 0.404 e. The molecule has 0 aromatic heterocycles. The number of rotatable bonds is 3. The highest BCUT2D eigenvalue weighted by Gasteiger charge is 2.30. The van der Waals surface area contributed by atoms with E-state index in [4.69, 9.17) is 5.73 Å². The fourth-order valence-electron chi connectivity index (χ4n) is 0.789. The number of halogens is 2. The Kier molecular flexibility index (Phi) is 4.95. The normalized spacial score (nSPS) is 16.4. The number of ether oxygens (including phenoxy) is 1. The minimum atomic E-state index is -1.17. The van der Waals surface area contributed by atoms with Crippen LogP contribution in [0.25, 0.3) is 0 Å². The Morgan fingerprint density at radius 2 is 2.08 bits per heavy atom. The van der Waals surface area contributed by atoms with Gasteiger partial charge in [-0.3, -0.25) is 0 Å². The topological polar surface area (TPSA) is 52.3 Å². The second-order valence-electron chi connectivity index (χ2n) is 3.91. The second-order valence-corrected chi connectivity index (χ2v) is 5.26. The van der Waals surface area contributed by atoms with Gasteiger partial charge in [-0.2, -0.15) is 0 Å². The van der Waals surface area contributed by atoms with Gasteiger partial charge in [0, 0.05) is 0 Å². The molecule has 0 radical (unpaired) electrons. The van der Waals surface area contributed by atoms with Crippen LogP contribution in [-0.2, 0) is 4.74 Å². The average molecular weight is 303 g/mol. The van der Waals surface area contributed by atoms with Gasteiger partial charge in [0.1, 0.15) is 12.8 Å². The molecule has 3 nitrogen and oxygen atoms in total. The van der Waals surface area contributed by atoms with Crippen LogP contribution in [0, 0.1) is 5.41 Å². The molecule has 2 N–H and O–H groups in total. The van der Waals surface area contributed by atoms with Crippen molar-refractivity contribution < 1.29 is 13.9 Å². The van der Waals surface area contributed by atoms with E-state index in [1.165, 1.54) is 0 Å².